The Hall–Kier alpha value is -0.610. The zero-order chi connectivity index (χ0) is 9.68. The number of ether oxygens (including phenoxy) is 1. The summed E-state index contributed by atoms with van der Waals surface area (Å²) in [6, 6.07) is -0.0984. The van der Waals surface area contributed by atoms with E-state index in [1.165, 1.54) is 0 Å². The molecule has 4 nitrogen and oxygen atoms in total. The van der Waals surface area contributed by atoms with E-state index >= 15 is 0 Å². The number of rotatable bonds is 3. The van der Waals surface area contributed by atoms with Gasteiger partial charge in [0.2, 0.25) is 0 Å². The maximum Gasteiger partial charge on any atom is 0.323 e. The van der Waals surface area contributed by atoms with Gasteiger partial charge in [0.15, 0.2) is 0 Å². The second-order valence-electron chi connectivity index (χ2n) is 3.26. The van der Waals surface area contributed by atoms with Gasteiger partial charge in [-0.05, 0) is 19.8 Å². The van der Waals surface area contributed by atoms with Gasteiger partial charge in [-0.15, -0.1) is 0 Å². The fourth-order valence-corrected chi connectivity index (χ4v) is 1.71. The van der Waals surface area contributed by atoms with Crippen LogP contribution in [0, 0.1) is 0 Å². The van der Waals surface area contributed by atoms with Crippen molar-refractivity contribution in [2.75, 3.05) is 19.8 Å². The van der Waals surface area contributed by atoms with Crippen LogP contribution < -0.4 is 5.73 Å². The molecule has 4 heteroatoms. The van der Waals surface area contributed by atoms with Crippen molar-refractivity contribution < 1.29 is 9.53 Å². The van der Waals surface area contributed by atoms with E-state index < -0.39 is 0 Å². The van der Waals surface area contributed by atoms with Crippen LogP contribution in [0.3, 0.4) is 0 Å². The molecule has 1 fully saturated rings. The maximum absolute atomic E-state index is 11.4. The molecule has 2 N–H and O–H groups in total. The van der Waals surface area contributed by atoms with E-state index in [1.807, 2.05) is 11.8 Å². The van der Waals surface area contributed by atoms with Crippen LogP contribution >= 0.6 is 0 Å². The minimum atomic E-state index is -0.118. The molecule has 0 radical (unpaired) electrons. The molecule has 13 heavy (non-hydrogen) atoms. The lowest BCUT2D eigenvalue weighted by Crippen LogP contribution is -2.47. The summed E-state index contributed by atoms with van der Waals surface area (Å²) in [5, 5.41) is 0. The van der Waals surface area contributed by atoms with Crippen molar-refractivity contribution in [1.29, 1.82) is 0 Å². The van der Waals surface area contributed by atoms with E-state index in [0.717, 1.165) is 25.8 Å². The molecule has 1 aliphatic heterocycles. The van der Waals surface area contributed by atoms with Crippen molar-refractivity contribution in [1.82, 2.24) is 4.90 Å². The Kier molecular flexibility index (Phi) is 4.18. The van der Waals surface area contributed by atoms with E-state index in [1.54, 1.807) is 0 Å². The first kappa shape index (κ1) is 10.5. The van der Waals surface area contributed by atoms with Gasteiger partial charge in [0, 0.05) is 13.2 Å². The fourth-order valence-electron chi connectivity index (χ4n) is 1.71. The third-order valence-electron chi connectivity index (χ3n) is 2.41. The summed E-state index contributed by atoms with van der Waals surface area (Å²) in [5.41, 5.74) is 5.55. The van der Waals surface area contributed by atoms with Crippen molar-refractivity contribution >= 4 is 5.97 Å². The SMILES string of the molecule is CCOC(=O)[C@@H]1CCCCN1CN. The van der Waals surface area contributed by atoms with Gasteiger partial charge in [0.05, 0.1) is 6.61 Å². The van der Waals surface area contributed by atoms with Crippen LogP contribution in [0.5, 0.6) is 0 Å². The summed E-state index contributed by atoms with van der Waals surface area (Å²) in [7, 11) is 0. The molecule has 0 unspecified atom stereocenters. The van der Waals surface area contributed by atoms with Gasteiger partial charge in [0.1, 0.15) is 6.04 Å². The molecule has 0 spiro atoms. The molecular formula is C9H18N2O2. The molecule has 1 heterocycles. The quantitative estimate of drug-likeness (QED) is 0.645. The van der Waals surface area contributed by atoms with Crippen molar-refractivity contribution in [3.63, 3.8) is 0 Å². The molecule has 0 aromatic carbocycles. The zero-order valence-corrected chi connectivity index (χ0v) is 8.16. The van der Waals surface area contributed by atoms with Crippen LogP contribution in [-0.2, 0) is 9.53 Å². The summed E-state index contributed by atoms with van der Waals surface area (Å²) in [6.45, 7) is 3.64. The van der Waals surface area contributed by atoms with Gasteiger partial charge >= 0.3 is 5.97 Å². The third-order valence-corrected chi connectivity index (χ3v) is 2.41. The first-order valence-electron chi connectivity index (χ1n) is 4.90. The molecule has 0 bridgehead atoms. The Morgan fingerprint density at radius 3 is 3.00 bits per heavy atom. The molecular weight excluding hydrogens is 168 g/mol. The lowest BCUT2D eigenvalue weighted by molar-refractivity contribution is -0.150. The summed E-state index contributed by atoms with van der Waals surface area (Å²) in [6.07, 6.45) is 3.11. The highest BCUT2D eigenvalue weighted by molar-refractivity contribution is 5.75. The molecule has 0 saturated carbocycles. The molecule has 1 rings (SSSR count). The minimum absolute atomic E-state index is 0.0984. The molecule has 1 saturated heterocycles. The van der Waals surface area contributed by atoms with Crippen LogP contribution in [0.2, 0.25) is 0 Å². The average Bonchev–Trinajstić information content (AvgIpc) is 2.18. The van der Waals surface area contributed by atoms with Gasteiger partial charge in [-0.3, -0.25) is 9.69 Å². The Morgan fingerprint density at radius 1 is 1.62 bits per heavy atom. The molecule has 1 atom stereocenters. The first-order valence-corrected chi connectivity index (χ1v) is 4.90. The minimum Gasteiger partial charge on any atom is -0.465 e. The second-order valence-corrected chi connectivity index (χ2v) is 3.26. The fraction of sp³-hybridized carbons (Fsp3) is 0.889. The maximum atomic E-state index is 11.4. The van der Waals surface area contributed by atoms with E-state index in [9.17, 15) is 4.79 Å². The van der Waals surface area contributed by atoms with Crippen LogP contribution in [0.4, 0.5) is 0 Å². The Morgan fingerprint density at radius 2 is 2.38 bits per heavy atom. The standard InChI is InChI=1S/C9H18N2O2/c1-2-13-9(12)8-5-3-4-6-11(8)7-10/h8H,2-7,10H2,1H3/t8-/m0/s1. The van der Waals surface area contributed by atoms with Crippen LogP contribution in [0.25, 0.3) is 0 Å². The predicted octanol–water partition coefficient (Wildman–Crippen LogP) is 0.320. The normalized spacial score (nSPS) is 24.3. The van der Waals surface area contributed by atoms with Crippen molar-refractivity contribution in [3.8, 4) is 0 Å². The smallest absolute Gasteiger partial charge is 0.323 e. The lowest BCUT2D eigenvalue weighted by atomic mass is 10.0. The van der Waals surface area contributed by atoms with Crippen molar-refractivity contribution in [3.05, 3.63) is 0 Å². The van der Waals surface area contributed by atoms with Gasteiger partial charge in [0.25, 0.3) is 0 Å². The number of carbonyl (C=O) groups excluding carboxylic acids is 1. The average molecular weight is 186 g/mol. The summed E-state index contributed by atoms with van der Waals surface area (Å²) in [4.78, 5) is 13.4. The van der Waals surface area contributed by atoms with Crippen molar-refractivity contribution in [2.45, 2.75) is 32.2 Å². The Balaban J connectivity index is 2.48. The number of piperidine rings is 1. The Labute approximate surface area is 79.0 Å². The van der Waals surface area contributed by atoms with Crippen LogP contribution in [-0.4, -0.2) is 36.7 Å². The van der Waals surface area contributed by atoms with Gasteiger partial charge in [-0.25, -0.2) is 0 Å². The number of hydrogen-bond acceptors (Lipinski definition) is 4. The summed E-state index contributed by atoms with van der Waals surface area (Å²) < 4.78 is 4.98. The number of likely N-dealkylation sites (tertiary alicyclic amines) is 1. The highest BCUT2D eigenvalue weighted by Gasteiger charge is 2.28. The zero-order valence-electron chi connectivity index (χ0n) is 8.16. The second kappa shape index (κ2) is 5.19. The lowest BCUT2D eigenvalue weighted by Gasteiger charge is -2.32. The largest absolute Gasteiger partial charge is 0.465 e. The number of esters is 1. The molecule has 76 valence electrons. The number of nitrogens with two attached hydrogens (primary N) is 1. The highest BCUT2D eigenvalue weighted by atomic mass is 16.5. The number of carbonyl (C=O) groups is 1. The number of nitrogens with zero attached hydrogens (tertiary/aromatic N) is 1. The third kappa shape index (κ3) is 2.67. The number of hydrogen-bond donors (Lipinski definition) is 1. The van der Waals surface area contributed by atoms with E-state index in [2.05, 4.69) is 0 Å². The molecule has 0 aromatic heterocycles. The predicted molar refractivity (Wildman–Crippen MR) is 50.0 cm³/mol. The van der Waals surface area contributed by atoms with Crippen LogP contribution in [0.1, 0.15) is 26.2 Å². The van der Waals surface area contributed by atoms with Gasteiger partial charge in [-0.1, -0.05) is 6.42 Å². The molecule has 0 aliphatic carbocycles. The molecule has 0 aromatic rings. The van der Waals surface area contributed by atoms with Crippen LogP contribution in [0.15, 0.2) is 0 Å². The summed E-state index contributed by atoms with van der Waals surface area (Å²) >= 11 is 0. The molecule has 1 aliphatic rings. The Bertz CT molecular complexity index is 173. The van der Waals surface area contributed by atoms with Gasteiger partial charge < -0.3 is 10.5 Å². The highest BCUT2D eigenvalue weighted by Crippen LogP contribution is 2.16. The van der Waals surface area contributed by atoms with E-state index in [0.29, 0.717) is 13.3 Å². The monoisotopic (exact) mass is 186 g/mol. The molecule has 0 amide bonds. The van der Waals surface area contributed by atoms with Crippen molar-refractivity contribution in [2.24, 2.45) is 5.73 Å². The first-order chi connectivity index (χ1) is 6.29. The topological polar surface area (TPSA) is 55.6 Å². The van der Waals surface area contributed by atoms with Gasteiger partial charge in [-0.2, -0.15) is 0 Å². The summed E-state index contributed by atoms with van der Waals surface area (Å²) in [5.74, 6) is -0.118. The van der Waals surface area contributed by atoms with E-state index in [4.69, 9.17) is 10.5 Å². The van der Waals surface area contributed by atoms with E-state index in [-0.39, 0.29) is 12.0 Å².